The molecule has 96 valence electrons. The van der Waals surface area contributed by atoms with Gasteiger partial charge in [-0.3, -0.25) is 0 Å². The van der Waals surface area contributed by atoms with E-state index in [1.165, 1.54) is 11.1 Å². The molecule has 0 unspecified atom stereocenters. The van der Waals surface area contributed by atoms with E-state index in [2.05, 4.69) is 54.4 Å². The lowest BCUT2D eigenvalue weighted by molar-refractivity contribution is 0.552. The van der Waals surface area contributed by atoms with Crippen LogP contribution in [0.25, 0.3) is 5.69 Å². The standard InChI is InChI=1S/C14H20N4/c1-11(2)7-15-8-13-4-5-14(12(3)6-13)18-10-16-9-17-18/h4-6,9-11,15H,7-8H2,1-3H3. The fourth-order valence-corrected chi connectivity index (χ4v) is 1.92. The molecule has 4 heteroatoms. The highest BCUT2D eigenvalue weighted by atomic mass is 15.3. The highest BCUT2D eigenvalue weighted by Crippen LogP contribution is 2.14. The third-order valence-electron chi connectivity index (χ3n) is 2.81. The van der Waals surface area contributed by atoms with Crippen LogP contribution in [0.5, 0.6) is 0 Å². The van der Waals surface area contributed by atoms with Crippen molar-refractivity contribution < 1.29 is 0 Å². The summed E-state index contributed by atoms with van der Waals surface area (Å²) in [7, 11) is 0. The molecule has 0 atom stereocenters. The van der Waals surface area contributed by atoms with Gasteiger partial charge >= 0.3 is 0 Å². The molecule has 0 saturated carbocycles. The Balaban J connectivity index is 2.06. The van der Waals surface area contributed by atoms with Gasteiger partial charge in [-0.25, -0.2) is 9.67 Å². The first-order chi connectivity index (χ1) is 8.66. The van der Waals surface area contributed by atoms with E-state index in [4.69, 9.17) is 0 Å². The number of benzene rings is 1. The van der Waals surface area contributed by atoms with Gasteiger partial charge in [-0.1, -0.05) is 26.0 Å². The minimum absolute atomic E-state index is 0.681. The summed E-state index contributed by atoms with van der Waals surface area (Å²) in [6, 6.07) is 6.43. The molecule has 1 aromatic heterocycles. The lowest BCUT2D eigenvalue weighted by Gasteiger charge is -2.10. The van der Waals surface area contributed by atoms with E-state index in [0.29, 0.717) is 5.92 Å². The average molecular weight is 244 g/mol. The lowest BCUT2D eigenvalue weighted by atomic mass is 10.1. The van der Waals surface area contributed by atoms with E-state index in [-0.39, 0.29) is 0 Å². The van der Waals surface area contributed by atoms with Gasteiger partial charge in [0.2, 0.25) is 0 Å². The third kappa shape index (κ3) is 3.17. The van der Waals surface area contributed by atoms with E-state index in [0.717, 1.165) is 18.8 Å². The molecule has 0 aliphatic heterocycles. The van der Waals surface area contributed by atoms with Gasteiger partial charge in [0.15, 0.2) is 0 Å². The Morgan fingerprint density at radius 2 is 2.17 bits per heavy atom. The normalized spacial score (nSPS) is 11.1. The Labute approximate surface area is 108 Å². The van der Waals surface area contributed by atoms with Gasteiger partial charge in [0.1, 0.15) is 12.7 Å². The molecule has 1 N–H and O–H groups in total. The topological polar surface area (TPSA) is 42.7 Å². The van der Waals surface area contributed by atoms with Crippen LogP contribution in [-0.2, 0) is 6.54 Å². The van der Waals surface area contributed by atoms with Crippen LogP contribution in [0.15, 0.2) is 30.9 Å². The molecule has 18 heavy (non-hydrogen) atoms. The van der Waals surface area contributed by atoms with Crippen molar-refractivity contribution in [3.63, 3.8) is 0 Å². The molecular weight excluding hydrogens is 224 g/mol. The highest BCUT2D eigenvalue weighted by molar-refractivity contribution is 5.41. The van der Waals surface area contributed by atoms with E-state index in [1.54, 1.807) is 17.3 Å². The molecule has 1 heterocycles. The van der Waals surface area contributed by atoms with Gasteiger partial charge in [-0.15, -0.1) is 0 Å². The van der Waals surface area contributed by atoms with Crippen LogP contribution in [0.4, 0.5) is 0 Å². The molecule has 0 aliphatic carbocycles. The zero-order valence-electron chi connectivity index (χ0n) is 11.2. The lowest BCUT2D eigenvalue weighted by Crippen LogP contribution is -2.19. The van der Waals surface area contributed by atoms with Gasteiger partial charge < -0.3 is 5.32 Å². The number of rotatable bonds is 5. The Hall–Kier alpha value is -1.68. The SMILES string of the molecule is Cc1cc(CNCC(C)C)ccc1-n1cncn1. The second kappa shape index (κ2) is 5.78. The molecule has 0 fully saturated rings. The average Bonchev–Trinajstić information content (AvgIpc) is 2.82. The van der Waals surface area contributed by atoms with Crippen molar-refractivity contribution in [1.29, 1.82) is 0 Å². The van der Waals surface area contributed by atoms with Crippen molar-refractivity contribution in [3.8, 4) is 5.69 Å². The highest BCUT2D eigenvalue weighted by Gasteiger charge is 2.03. The summed E-state index contributed by atoms with van der Waals surface area (Å²) < 4.78 is 1.79. The summed E-state index contributed by atoms with van der Waals surface area (Å²) in [5.74, 6) is 0.681. The molecule has 0 spiro atoms. The third-order valence-corrected chi connectivity index (χ3v) is 2.81. The van der Waals surface area contributed by atoms with Crippen molar-refractivity contribution in [2.75, 3.05) is 6.54 Å². The second-order valence-electron chi connectivity index (χ2n) is 4.99. The van der Waals surface area contributed by atoms with Crippen molar-refractivity contribution >= 4 is 0 Å². The number of nitrogens with one attached hydrogen (secondary N) is 1. The van der Waals surface area contributed by atoms with E-state index in [1.807, 2.05) is 0 Å². The quantitative estimate of drug-likeness (QED) is 0.877. The van der Waals surface area contributed by atoms with Crippen molar-refractivity contribution in [3.05, 3.63) is 42.0 Å². The van der Waals surface area contributed by atoms with Crippen molar-refractivity contribution in [1.82, 2.24) is 20.1 Å². The van der Waals surface area contributed by atoms with Crippen LogP contribution in [0, 0.1) is 12.8 Å². The maximum absolute atomic E-state index is 4.15. The monoisotopic (exact) mass is 244 g/mol. The molecule has 2 aromatic rings. The first kappa shape index (κ1) is 12.8. The predicted octanol–water partition coefficient (Wildman–Crippen LogP) is 2.32. The molecule has 0 bridgehead atoms. The summed E-state index contributed by atoms with van der Waals surface area (Å²) >= 11 is 0. The molecule has 0 aliphatic rings. The summed E-state index contributed by atoms with van der Waals surface area (Å²) in [6.45, 7) is 8.49. The van der Waals surface area contributed by atoms with Crippen LogP contribution in [-0.4, -0.2) is 21.3 Å². The zero-order chi connectivity index (χ0) is 13.0. The Morgan fingerprint density at radius 3 is 2.78 bits per heavy atom. The fraction of sp³-hybridized carbons (Fsp3) is 0.429. The number of nitrogens with zero attached hydrogens (tertiary/aromatic N) is 3. The largest absolute Gasteiger partial charge is 0.312 e. The first-order valence-electron chi connectivity index (χ1n) is 6.32. The maximum atomic E-state index is 4.15. The number of aromatic nitrogens is 3. The van der Waals surface area contributed by atoms with Gasteiger partial charge in [-0.2, -0.15) is 5.10 Å². The summed E-state index contributed by atoms with van der Waals surface area (Å²) in [5, 5.41) is 7.60. The van der Waals surface area contributed by atoms with Gasteiger partial charge in [0, 0.05) is 6.54 Å². The molecular formula is C14H20N4. The minimum atomic E-state index is 0.681. The Kier molecular flexibility index (Phi) is 4.10. The number of hydrogen-bond acceptors (Lipinski definition) is 3. The molecule has 1 aromatic carbocycles. The number of hydrogen-bond donors (Lipinski definition) is 1. The minimum Gasteiger partial charge on any atom is -0.312 e. The van der Waals surface area contributed by atoms with Crippen molar-refractivity contribution in [2.45, 2.75) is 27.3 Å². The Bertz CT molecular complexity index is 489. The zero-order valence-corrected chi connectivity index (χ0v) is 11.2. The summed E-state index contributed by atoms with van der Waals surface area (Å²) in [5.41, 5.74) is 3.60. The molecule has 0 radical (unpaired) electrons. The molecule has 0 amide bonds. The van der Waals surface area contributed by atoms with Crippen LogP contribution < -0.4 is 5.32 Å². The number of aryl methyl sites for hydroxylation is 1. The van der Waals surface area contributed by atoms with E-state index < -0.39 is 0 Å². The van der Waals surface area contributed by atoms with Gasteiger partial charge in [0.25, 0.3) is 0 Å². The summed E-state index contributed by atoms with van der Waals surface area (Å²) in [6.07, 6.45) is 3.27. The first-order valence-corrected chi connectivity index (χ1v) is 6.32. The van der Waals surface area contributed by atoms with Crippen LogP contribution in [0.1, 0.15) is 25.0 Å². The second-order valence-corrected chi connectivity index (χ2v) is 4.99. The van der Waals surface area contributed by atoms with Crippen LogP contribution >= 0.6 is 0 Å². The van der Waals surface area contributed by atoms with Crippen molar-refractivity contribution in [2.24, 2.45) is 5.92 Å². The van der Waals surface area contributed by atoms with Gasteiger partial charge in [-0.05, 0) is 36.6 Å². The maximum Gasteiger partial charge on any atom is 0.138 e. The summed E-state index contributed by atoms with van der Waals surface area (Å²) in [4.78, 5) is 3.97. The molecule has 4 nitrogen and oxygen atoms in total. The van der Waals surface area contributed by atoms with Gasteiger partial charge in [0.05, 0.1) is 5.69 Å². The predicted molar refractivity (Wildman–Crippen MR) is 72.6 cm³/mol. The van der Waals surface area contributed by atoms with E-state index in [9.17, 15) is 0 Å². The van der Waals surface area contributed by atoms with Crippen LogP contribution in [0.2, 0.25) is 0 Å². The molecule has 2 rings (SSSR count). The smallest absolute Gasteiger partial charge is 0.138 e. The Morgan fingerprint density at radius 1 is 1.33 bits per heavy atom. The van der Waals surface area contributed by atoms with Crippen LogP contribution in [0.3, 0.4) is 0 Å². The fourth-order valence-electron chi connectivity index (χ4n) is 1.92. The van der Waals surface area contributed by atoms with E-state index >= 15 is 0 Å². The molecule has 0 saturated heterocycles.